The van der Waals surface area contributed by atoms with Crippen molar-refractivity contribution < 1.29 is 24.0 Å². The van der Waals surface area contributed by atoms with Crippen molar-refractivity contribution in [3.8, 4) is 5.75 Å². The Labute approximate surface area is 116 Å². The molecule has 1 aromatic rings. The van der Waals surface area contributed by atoms with Crippen molar-refractivity contribution in [2.45, 2.75) is 13.8 Å². The Bertz CT molecular complexity index is 442. The first-order valence-electron chi connectivity index (χ1n) is 5.34. The lowest BCUT2D eigenvalue weighted by Crippen LogP contribution is -2.02. The van der Waals surface area contributed by atoms with E-state index in [1.807, 2.05) is 0 Å². The van der Waals surface area contributed by atoms with E-state index in [0.29, 0.717) is 19.0 Å². The van der Waals surface area contributed by atoms with Gasteiger partial charge in [0.2, 0.25) is 0 Å². The molecule has 2 N–H and O–H groups in total. The summed E-state index contributed by atoms with van der Waals surface area (Å²) in [5.41, 5.74) is -0.0107. The highest BCUT2D eigenvalue weighted by Gasteiger charge is 2.21. The van der Waals surface area contributed by atoms with Gasteiger partial charge in [0.25, 0.3) is 5.69 Å². The van der Waals surface area contributed by atoms with Gasteiger partial charge in [0.15, 0.2) is 0 Å². The van der Waals surface area contributed by atoms with Crippen LogP contribution in [0.3, 0.4) is 0 Å². The van der Waals surface area contributed by atoms with Crippen LogP contribution in [-0.4, -0.2) is 23.6 Å². The van der Waals surface area contributed by atoms with Crippen molar-refractivity contribution in [3.63, 3.8) is 0 Å². The molecule has 0 spiro atoms. The molecule has 0 saturated carbocycles. The number of nitro benzene ring substituents is 1. The van der Waals surface area contributed by atoms with Crippen LogP contribution in [0.25, 0.3) is 0 Å². The average molecular weight is 309 g/mol. The standard InChI is InChI=1S/C10H14NO5PS.H2O/c1-3-14-17(18,15-4-2)16-10-7-5-9(6-8-10)11(12)13;/h5-8H,3-4H2,1-2H3;1H2. The predicted octanol–water partition coefficient (Wildman–Crippen LogP) is 2.45. The van der Waals surface area contributed by atoms with Gasteiger partial charge in [-0.3, -0.25) is 19.2 Å². The summed E-state index contributed by atoms with van der Waals surface area (Å²) in [6, 6.07) is 5.62. The van der Waals surface area contributed by atoms with E-state index < -0.39 is 11.6 Å². The van der Waals surface area contributed by atoms with Gasteiger partial charge in [-0.05, 0) is 26.0 Å². The topological polar surface area (TPSA) is 102 Å². The van der Waals surface area contributed by atoms with Crippen molar-refractivity contribution in [1.29, 1.82) is 0 Å². The van der Waals surface area contributed by atoms with E-state index in [4.69, 9.17) is 25.4 Å². The third kappa shape index (κ3) is 5.63. The molecule has 0 unspecified atom stereocenters. The van der Waals surface area contributed by atoms with Crippen LogP contribution in [-0.2, 0) is 20.9 Å². The van der Waals surface area contributed by atoms with Crippen LogP contribution >= 0.6 is 6.72 Å². The highest BCUT2D eigenvalue weighted by molar-refractivity contribution is 8.07. The van der Waals surface area contributed by atoms with Crippen LogP contribution in [0.2, 0.25) is 0 Å². The lowest BCUT2D eigenvalue weighted by Gasteiger charge is -2.20. The summed E-state index contributed by atoms with van der Waals surface area (Å²) >= 11 is 5.18. The maximum atomic E-state index is 10.5. The average Bonchev–Trinajstić information content (AvgIpc) is 2.30. The summed E-state index contributed by atoms with van der Waals surface area (Å²) < 4.78 is 16.1. The van der Waals surface area contributed by atoms with E-state index >= 15 is 0 Å². The summed E-state index contributed by atoms with van der Waals surface area (Å²) in [6.45, 7) is 1.52. The molecule has 0 heterocycles. The van der Waals surface area contributed by atoms with Gasteiger partial charge in [-0.2, -0.15) is 0 Å². The first-order chi connectivity index (χ1) is 8.50. The van der Waals surface area contributed by atoms with E-state index in [2.05, 4.69) is 0 Å². The number of rotatable bonds is 7. The van der Waals surface area contributed by atoms with Gasteiger partial charge in [-0.1, -0.05) is 0 Å². The fourth-order valence-corrected chi connectivity index (χ4v) is 3.25. The number of nitrogens with zero attached hydrogens (tertiary/aromatic N) is 1. The molecule has 0 radical (unpaired) electrons. The minimum absolute atomic E-state index is 0. The zero-order valence-electron chi connectivity index (χ0n) is 10.6. The van der Waals surface area contributed by atoms with Crippen molar-refractivity contribution in [2.75, 3.05) is 13.2 Å². The van der Waals surface area contributed by atoms with Crippen LogP contribution in [0.1, 0.15) is 13.8 Å². The highest BCUT2D eigenvalue weighted by Crippen LogP contribution is 2.49. The molecule has 1 rings (SSSR count). The SMILES string of the molecule is CCOP(=S)(OCC)Oc1ccc([N+](=O)[O-])cc1.O. The van der Waals surface area contributed by atoms with Gasteiger partial charge in [0.05, 0.1) is 18.1 Å². The molecular formula is C10H16NO6PS. The third-order valence-electron chi connectivity index (χ3n) is 1.84. The Morgan fingerprint density at radius 3 is 2.05 bits per heavy atom. The Hall–Kier alpha value is -1.05. The van der Waals surface area contributed by atoms with Crippen molar-refractivity contribution >= 4 is 24.2 Å². The quantitative estimate of drug-likeness (QED) is 0.435. The van der Waals surface area contributed by atoms with Crippen molar-refractivity contribution in [3.05, 3.63) is 34.4 Å². The molecule has 7 nitrogen and oxygen atoms in total. The lowest BCUT2D eigenvalue weighted by atomic mass is 10.3. The van der Waals surface area contributed by atoms with Crippen molar-refractivity contribution in [2.24, 2.45) is 0 Å². The molecule has 19 heavy (non-hydrogen) atoms. The largest absolute Gasteiger partial charge is 0.424 e. The van der Waals surface area contributed by atoms with Gasteiger partial charge in [-0.25, -0.2) is 0 Å². The monoisotopic (exact) mass is 309 g/mol. The molecule has 0 aliphatic carbocycles. The highest BCUT2D eigenvalue weighted by atomic mass is 32.5. The summed E-state index contributed by atoms with van der Waals surface area (Å²) in [7, 11) is 0. The fourth-order valence-electron chi connectivity index (χ4n) is 1.16. The molecule has 0 bridgehead atoms. The summed E-state index contributed by atoms with van der Waals surface area (Å²) in [6.07, 6.45) is 0. The molecule has 0 aliphatic heterocycles. The maximum Gasteiger partial charge on any atom is 0.380 e. The zero-order valence-corrected chi connectivity index (χ0v) is 12.3. The van der Waals surface area contributed by atoms with E-state index in [-0.39, 0.29) is 11.2 Å². The number of hydrogen-bond donors (Lipinski definition) is 0. The van der Waals surface area contributed by atoms with Gasteiger partial charge in [0.1, 0.15) is 5.75 Å². The Balaban J connectivity index is 0.00000324. The lowest BCUT2D eigenvalue weighted by molar-refractivity contribution is -0.384. The van der Waals surface area contributed by atoms with Crippen LogP contribution in [0.5, 0.6) is 5.75 Å². The number of hydrogen-bond acceptors (Lipinski definition) is 6. The molecule has 1 aromatic carbocycles. The second-order valence-electron chi connectivity index (χ2n) is 3.13. The number of non-ortho nitro benzene ring substituents is 1. The third-order valence-corrected chi connectivity index (χ3v) is 4.28. The van der Waals surface area contributed by atoms with Crippen LogP contribution in [0.15, 0.2) is 24.3 Å². The fraction of sp³-hybridized carbons (Fsp3) is 0.400. The summed E-state index contributed by atoms with van der Waals surface area (Å²) in [5.74, 6) is 0.394. The molecule has 0 amide bonds. The molecule has 108 valence electrons. The predicted molar refractivity (Wildman–Crippen MR) is 74.9 cm³/mol. The molecule has 0 fully saturated rings. The van der Waals surface area contributed by atoms with Crippen molar-refractivity contribution in [1.82, 2.24) is 0 Å². The zero-order chi connectivity index (χ0) is 13.6. The molecule has 0 atom stereocenters. The Morgan fingerprint density at radius 2 is 1.68 bits per heavy atom. The molecule has 0 aliphatic rings. The second-order valence-corrected chi connectivity index (χ2v) is 6.06. The van der Waals surface area contributed by atoms with E-state index in [1.54, 1.807) is 13.8 Å². The summed E-state index contributed by atoms with van der Waals surface area (Å²) in [5, 5.41) is 10.5. The Morgan fingerprint density at radius 1 is 1.21 bits per heavy atom. The molecule has 0 aromatic heterocycles. The molecule has 0 saturated heterocycles. The van der Waals surface area contributed by atoms with Crippen LogP contribution < -0.4 is 4.52 Å². The van der Waals surface area contributed by atoms with E-state index in [0.717, 1.165) is 0 Å². The Kier molecular flexibility index (Phi) is 7.73. The summed E-state index contributed by atoms with van der Waals surface area (Å²) in [4.78, 5) is 10.0. The van der Waals surface area contributed by atoms with Gasteiger partial charge in [0, 0.05) is 23.9 Å². The smallest absolute Gasteiger partial charge is 0.380 e. The molecule has 9 heteroatoms. The number of benzene rings is 1. The second kappa shape index (κ2) is 8.19. The first kappa shape index (κ1) is 17.9. The van der Waals surface area contributed by atoms with Gasteiger partial charge >= 0.3 is 6.72 Å². The van der Waals surface area contributed by atoms with Crippen LogP contribution in [0, 0.1) is 10.1 Å². The minimum Gasteiger partial charge on any atom is -0.424 e. The van der Waals surface area contributed by atoms with Gasteiger partial charge < -0.3 is 10.00 Å². The normalized spacial score (nSPS) is 10.6. The molecular weight excluding hydrogens is 293 g/mol. The van der Waals surface area contributed by atoms with Gasteiger partial charge in [-0.15, -0.1) is 0 Å². The van der Waals surface area contributed by atoms with E-state index in [1.165, 1.54) is 24.3 Å². The first-order valence-corrected chi connectivity index (χ1v) is 7.89. The minimum atomic E-state index is -2.82. The maximum absolute atomic E-state index is 10.5. The number of nitro groups is 1. The van der Waals surface area contributed by atoms with E-state index in [9.17, 15) is 10.1 Å². The van der Waals surface area contributed by atoms with Crippen LogP contribution in [0.4, 0.5) is 5.69 Å².